The molecule has 5 nitrogen and oxygen atoms in total. The third kappa shape index (κ3) is 2.68. The monoisotopic (exact) mass is 280 g/mol. The molecule has 1 unspecified atom stereocenters. The van der Waals surface area contributed by atoms with Gasteiger partial charge in [-0.1, -0.05) is 12.1 Å². The number of hydrogen-bond acceptors (Lipinski definition) is 5. The van der Waals surface area contributed by atoms with Crippen molar-refractivity contribution in [3.05, 3.63) is 59.4 Å². The summed E-state index contributed by atoms with van der Waals surface area (Å²) in [4.78, 5) is 4.49. The van der Waals surface area contributed by atoms with Crippen LogP contribution in [0.1, 0.15) is 23.0 Å². The first-order valence-electron chi connectivity index (χ1n) is 6.68. The van der Waals surface area contributed by atoms with Crippen molar-refractivity contribution in [1.82, 2.24) is 15.2 Å². The van der Waals surface area contributed by atoms with Crippen molar-refractivity contribution >= 4 is 10.9 Å². The van der Waals surface area contributed by atoms with Crippen molar-refractivity contribution in [3.8, 4) is 5.88 Å². The summed E-state index contributed by atoms with van der Waals surface area (Å²) in [6.45, 7) is 1.98. The number of nitrogens with two attached hydrogens (primary N) is 1. The molecule has 21 heavy (non-hydrogen) atoms. The average Bonchev–Trinajstić information content (AvgIpc) is 2.53. The number of pyridine rings is 1. The summed E-state index contributed by atoms with van der Waals surface area (Å²) < 4.78 is 5.00. The Morgan fingerprint density at radius 1 is 1.05 bits per heavy atom. The maximum Gasteiger partial charge on any atom is 0.233 e. The molecule has 5 heteroatoms. The van der Waals surface area contributed by atoms with Gasteiger partial charge in [0.25, 0.3) is 0 Å². The highest BCUT2D eigenvalue weighted by Crippen LogP contribution is 2.22. The van der Waals surface area contributed by atoms with E-state index >= 15 is 0 Å². The molecule has 0 saturated carbocycles. The van der Waals surface area contributed by atoms with E-state index in [0.29, 0.717) is 11.6 Å². The van der Waals surface area contributed by atoms with E-state index in [-0.39, 0.29) is 6.04 Å². The van der Waals surface area contributed by atoms with Gasteiger partial charge >= 0.3 is 0 Å². The van der Waals surface area contributed by atoms with Gasteiger partial charge in [0, 0.05) is 17.1 Å². The fourth-order valence-corrected chi connectivity index (χ4v) is 2.22. The molecule has 1 atom stereocenters. The average molecular weight is 280 g/mol. The van der Waals surface area contributed by atoms with Crippen LogP contribution in [-0.4, -0.2) is 22.3 Å². The summed E-state index contributed by atoms with van der Waals surface area (Å²) in [6.07, 6.45) is 0. The van der Waals surface area contributed by atoms with Gasteiger partial charge in [0.15, 0.2) is 0 Å². The molecule has 3 rings (SSSR count). The van der Waals surface area contributed by atoms with Crippen LogP contribution < -0.4 is 10.5 Å². The Morgan fingerprint density at radius 2 is 1.90 bits per heavy atom. The quantitative estimate of drug-likeness (QED) is 0.797. The minimum atomic E-state index is -0.325. The Labute approximate surface area is 122 Å². The van der Waals surface area contributed by atoms with Gasteiger partial charge in [0.05, 0.1) is 24.4 Å². The summed E-state index contributed by atoms with van der Waals surface area (Å²) >= 11 is 0. The maximum absolute atomic E-state index is 6.27. The van der Waals surface area contributed by atoms with E-state index in [0.717, 1.165) is 22.2 Å². The van der Waals surface area contributed by atoms with Crippen molar-refractivity contribution in [2.75, 3.05) is 7.11 Å². The molecule has 2 heterocycles. The zero-order valence-corrected chi connectivity index (χ0v) is 11.9. The second-order valence-electron chi connectivity index (χ2n) is 4.88. The summed E-state index contributed by atoms with van der Waals surface area (Å²) in [5.41, 5.74) is 9.91. The Morgan fingerprint density at radius 3 is 2.62 bits per heavy atom. The highest BCUT2D eigenvalue weighted by Gasteiger charge is 2.12. The topological polar surface area (TPSA) is 73.9 Å². The SMILES string of the molecule is COc1ccc(C(N)c2ccc3nc(C)ccc3c2)nn1. The zero-order chi connectivity index (χ0) is 14.8. The number of benzene rings is 1. The van der Waals surface area contributed by atoms with Crippen molar-refractivity contribution in [2.24, 2.45) is 5.73 Å². The minimum Gasteiger partial charge on any atom is -0.480 e. The Bertz CT molecular complexity index is 771. The van der Waals surface area contributed by atoms with Crippen LogP contribution in [0.3, 0.4) is 0 Å². The Balaban J connectivity index is 1.96. The second-order valence-corrected chi connectivity index (χ2v) is 4.88. The van der Waals surface area contributed by atoms with Gasteiger partial charge < -0.3 is 10.5 Å². The first-order chi connectivity index (χ1) is 10.2. The number of hydrogen-bond donors (Lipinski definition) is 1. The lowest BCUT2D eigenvalue weighted by Gasteiger charge is -2.12. The molecule has 0 radical (unpaired) electrons. The normalized spacial score (nSPS) is 12.3. The number of methoxy groups -OCH3 is 1. The van der Waals surface area contributed by atoms with Crippen LogP contribution in [0, 0.1) is 6.92 Å². The minimum absolute atomic E-state index is 0.325. The highest BCUT2D eigenvalue weighted by molar-refractivity contribution is 5.79. The number of fused-ring (bicyclic) bond motifs is 1. The number of ether oxygens (including phenoxy) is 1. The van der Waals surface area contributed by atoms with Gasteiger partial charge in [-0.2, -0.15) is 0 Å². The fourth-order valence-electron chi connectivity index (χ4n) is 2.22. The number of aryl methyl sites for hydroxylation is 1. The molecular formula is C16H16N4O. The molecule has 3 aromatic rings. The zero-order valence-electron chi connectivity index (χ0n) is 11.9. The lowest BCUT2D eigenvalue weighted by Crippen LogP contribution is -2.14. The van der Waals surface area contributed by atoms with E-state index < -0.39 is 0 Å². The van der Waals surface area contributed by atoms with E-state index in [2.05, 4.69) is 15.2 Å². The largest absolute Gasteiger partial charge is 0.480 e. The van der Waals surface area contributed by atoms with Crippen molar-refractivity contribution < 1.29 is 4.74 Å². The van der Waals surface area contributed by atoms with Crippen LogP contribution in [0.2, 0.25) is 0 Å². The molecule has 0 aliphatic heterocycles. The first-order valence-corrected chi connectivity index (χ1v) is 6.68. The van der Waals surface area contributed by atoms with Crippen LogP contribution in [0.5, 0.6) is 5.88 Å². The molecule has 0 fully saturated rings. The van der Waals surface area contributed by atoms with E-state index in [9.17, 15) is 0 Å². The van der Waals surface area contributed by atoms with E-state index in [1.165, 1.54) is 0 Å². The summed E-state index contributed by atoms with van der Waals surface area (Å²) in [6, 6.07) is 13.3. The van der Waals surface area contributed by atoms with Gasteiger partial charge in [-0.3, -0.25) is 4.98 Å². The smallest absolute Gasteiger partial charge is 0.233 e. The van der Waals surface area contributed by atoms with Crippen LogP contribution in [0.4, 0.5) is 0 Å². The molecule has 0 spiro atoms. The van der Waals surface area contributed by atoms with Gasteiger partial charge in [0.1, 0.15) is 0 Å². The molecule has 0 aliphatic carbocycles. The number of nitrogens with zero attached hydrogens (tertiary/aromatic N) is 3. The number of rotatable bonds is 3. The van der Waals surface area contributed by atoms with Crippen molar-refractivity contribution in [3.63, 3.8) is 0 Å². The molecule has 0 amide bonds. The van der Waals surface area contributed by atoms with Crippen LogP contribution >= 0.6 is 0 Å². The molecule has 0 aliphatic rings. The second kappa shape index (κ2) is 5.46. The maximum atomic E-state index is 6.27. The predicted molar refractivity (Wildman–Crippen MR) is 81.1 cm³/mol. The van der Waals surface area contributed by atoms with E-state index in [4.69, 9.17) is 10.5 Å². The standard InChI is InChI=1S/C16H16N4O/c1-10-3-4-11-9-12(5-6-13(11)18-10)16(17)14-7-8-15(21-2)20-19-14/h3-9,16H,17H2,1-2H3. The molecular weight excluding hydrogens is 264 g/mol. The molecule has 106 valence electrons. The summed E-state index contributed by atoms with van der Waals surface area (Å²) in [5, 5.41) is 9.12. The van der Waals surface area contributed by atoms with Gasteiger partial charge in [0.2, 0.25) is 5.88 Å². The van der Waals surface area contributed by atoms with Gasteiger partial charge in [-0.25, -0.2) is 0 Å². The summed E-state index contributed by atoms with van der Waals surface area (Å²) in [7, 11) is 1.56. The van der Waals surface area contributed by atoms with Gasteiger partial charge in [-0.15, -0.1) is 10.2 Å². The number of aromatic nitrogens is 3. The molecule has 0 bridgehead atoms. The van der Waals surface area contributed by atoms with Crippen LogP contribution in [0.25, 0.3) is 10.9 Å². The first kappa shape index (κ1) is 13.5. The highest BCUT2D eigenvalue weighted by atomic mass is 16.5. The predicted octanol–water partition coefficient (Wildman–Crippen LogP) is 2.39. The third-order valence-corrected chi connectivity index (χ3v) is 3.40. The fraction of sp³-hybridized carbons (Fsp3) is 0.188. The Hall–Kier alpha value is -2.53. The Kier molecular flexibility index (Phi) is 3.50. The molecule has 0 saturated heterocycles. The van der Waals surface area contributed by atoms with Crippen LogP contribution in [0.15, 0.2) is 42.5 Å². The van der Waals surface area contributed by atoms with Crippen molar-refractivity contribution in [1.29, 1.82) is 0 Å². The third-order valence-electron chi connectivity index (χ3n) is 3.40. The van der Waals surface area contributed by atoms with Gasteiger partial charge in [-0.05, 0) is 36.8 Å². The lowest BCUT2D eigenvalue weighted by atomic mass is 10.0. The lowest BCUT2D eigenvalue weighted by molar-refractivity contribution is 0.390. The van der Waals surface area contributed by atoms with Crippen molar-refractivity contribution in [2.45, 2.75) is 13.0 Å². The summed E-state index contributed by atoms with van der Waals surface area (Å²) in [5.74, 6) is 0.476. The van der Waals surface area contributed by atoms with E-state index in [1.807, 2.05) is 43.3 Å². The van der Waals surface area contributed by atoms with E-state index in [1.54, 1.807) is 13.2 Å². The van der Waals surface area contributed by atoms with Crippen LogP contribution in [-0.2, 0) is 0 Å². The molecule has 2 aromatic heterocycles. The molecule has 1 aromatic carbocycles. The molecule has 2 N–H and O–H groups in total.